The van der Waals surface area contributed by atoms with E-state index < -0.39 is 34.5 Å². The molecular weight excluding hydrogens is 1250 g/mol. The standard InChI is InChI=1S/C23H24FN3O4.C23H26FN3O3.C23H24FN3O3.C4H10O2/c1-22-12-15-13-25-27(18-6-4-17(24)5-7-18)19(15)11-16(22)3-2-9-23(22)14-26(21(30)31-23)10-8-20(28)29;2*1-22-13-16-14-25-27(19-7-5-18(24)6-8-19)20(16)12-17(22)4-2-9-23(22)15-26(10-3-11-28)21(29)30-23;1-4(2,3)6-5/h4-7,11,13H,2-3,8-10,12,14H2,1H3,(H,28,29);5-8,12,14,28H,2-4,9-11,13,15H2,1H3;5-8,11-12,14H,2-4,9-10,13,15H2,1H3;5H,1-3H3/t3*22-,23+;/m000./s1. The Morgan fingerprint density at radius 1 is 0.557 bits per heavy atom. The number of carboxylic acid groups (broad SMARTS) is 1. The average molecular weight is 1340 g/mol. The molecule has 9 aliphatic rings. The monoisotopic (exact) mass is 1340 g/mol. The van der Waals surface area contributed by atoms with E-state index in [0.717, 1.165) is 128 Å². The molecule has 21 nitrogen and oxygen atoms in total. The zero-order valence-corrected chi connectivity index (χ0v) is 55.7. The molecule has 6 aromatic rings. The molecule has 24 heteroatoms. The van der Waals surface area contributed by atoms with Crippen molar-refractivity contribution in [1.82, 2.24) is 44.0 Å². The van der Waals surface area contributed by atoms with E-state index >= 15 is 0 Å². The minimum Gasteiger partial charge on any atom is -0.481 e. The molecule has 3 spiro atoms. The second-order valence-corrected chi connectivity index (χ2v) is 28.7. The fourth-order valence-electron chi connectivity index (χ4n) is 16.2. The van der Waals surface area contributed by atoms with Crippen molar-refractivity contribution in [2.75, 3.05) is 45.9 Å². The third-order valence-electron chi connectivity index (χ3n) is 21.6. The van der Waals surface area contributed by atoms with Crippen LogP contribution in [0.25, 0.3) is 35.3 Å². The van der Waals surface area contributed by atoms with Crippen LogP contribution in [0.15, 0.2) is 108 Å². The summed E-state index contributed by atoms with van der Waals surface area (Å²) in [4.78, 5) is 68.4. The maximum Gasteiger partial charge on any atom is 0.410 e. The van der Waals surface area contributed by atoms with Gasteiger partial charge in [-0.05, 0) is 212 Å². The Hall–Kier alpha value is -8.87. The lowest BCUT2D eigenvalue weighted by Gasteiger charge is -2.51. The van der Waals surface area contributed by atoms with Crippen LogP contribution in [0.2, 0.25) is 0 Å². The first-order valence-corrected chi connectivity index (χ1v) is 33.4. The fraction of sp³-hybridized carbons (Fsp3) is 0.479. The number of aldehydes is 1. The highest BCUT2D eigenvalue weighted by Crippen LogP contribution is 2.60. The van der Waals surface area contributed by atoms with Crippen molar-refractivity contribution in [3.63, 3.8) is 0 Å². The summed E-state index contributed by atoms with van der Waals surface area (Å²) >= 11 is 0. The second-order valence-electron chi connectivity index (χ2n) is 28.7. The van der Waals surface area contributed by atoms with Gasteiger partial charge >= 0.3 is 24.2 Å². The van der Waals surface area contributed by atoms with Crippen molar-refractivity contribution in [1.29, 1.82) is 0 Å². The van der Waals surface area contributed by atoms with Crippen molar-refractivity contribution < 1.29 is 71.7 Å². The summed E-state index contributed by atoms with van der Waals surface area (Å²) in [6.45, 7) is 14.4. The molecular formula is C73H84F3N9O12. The van der Waals surface area contributed by atoms with Gasteiger partial charge in [-0.3, -0.25) is 10.1 Å². The van der Waals surface area contributed by atoms with Gasteiger partial charge in [0.15, 0.2) is 0 Å². The average Bonchev–Trinajstić information content (AvgIpc) is 1.64. The van der Waals surface area contributed by atoms with Crippen LogP contribution in [0, 0.1) is 33.7 Å². The van der Waals surface area contributed by atoms with Crippen LogP contribution < -0.4 is 0 Å². The molecule has 3 aromatic carbocycles. The van der Waals surface area contributed by atoms with Gasteiger partial charge in [-0.25, -0.2) is 46.5 Å². The van der Waals surface area contributed by atoms with E-state index in [1.807, 2.05) is 32.6 Å². The molecule has 3 aromatic heterocycles. The first-order chi connectivity index (χ1) is 46.3. The molecule has 3 amide bonds. The fourth-order valence-corrected chi connectivity index (χ4v) is 16.2. The summed E-state index contributed by atoms with van der Waals surface area (Å²) in [5.74, 6) is -1.77. The largest absolute Gasteiger partial charge is 0.481 e. The number of rotatable bonds is 12. The molecule has 514 valence electrons. The summed E-state index contributed by atoms with van der Waals surface area (Å²) in [5.41, 5.74) is 9.21. The van der Waals surface area contributed by atoms with Gasteiger partial charge < -0.3 is 43.9 Å². The number of nitrogens with zero attached hydrogens (tertiary/aromatic N) is 9. The Labute approximate surface area is 561 Å². The number of carbonyl (C=O) groups is 5. The predicted octanol–water partition coefficient (Wildman–Crippen LogP) is 12.7. The lowest BCUT2D eigenvalue weighted by molar-refractivity contribution is -0.306. The number of ether oxygens (including phenoxy) is 3. The van der Waals surface area contributed by atoms with Crippen LogP contribution in [0.3, 0.4) is 0 Å². The van der Waals surface area contributed by atoms with Gasteiger partial charge in [0, 0.05) is 48.9 Å². The molecule has 0 bridgehead atoms. The number of carbonyl (C=O) groups excluding carboxylic acids is 4. The predicted molar refractivity (Wildman–Crippen MR) is 352 cm³/mol. The molecule has 6 heterocycles. The van der Waals surface area contributed by atoms with Gasteiger partial charge in [0.2, 0.25) is 0 Å². The van der Waals surface area contributed by atoms with Crippen LogP contribution in [0.5, 0.6) is 0 Å². The SMILES string of the molecule is CC(C)(C)OO.C[C@]12Cc3cnn(-c4ccc(F)cc4)c3C=C1CCC[C@@]21CN(CCC(=O)O)C(=O)O1.C[C@]12Cc3cnn(-c4ccc(F)cc4)c3C=C1CCC[C@@]21CN(CCC=O)C(=O)O1.C[C@]12Cc3cnn(-c4ccc(F)cc4)c3C=C1CCC[C@@]21CN(CCCO)C(=O)O1. The molecule has 3 saturated heterocycles. The van der Waals surface area contributed by atoms with Gasteiger partial charge in [0.25, 0.3) is 0 Å². The zero-order valence-electron chi connectivity index (χ0n) is 55.7. The molecule has 0 unspecified atom stereocenters. The van der Waals surface area contributed by atoms with Crippen molar-refractivity contribution in [2.45, 2.75) is 160 Å². The van der Waals surface area contributed by atoms with Gasteiger partial charge in [-0.15, -0.1) is 0 Å². The number of fused-ring (bicyclic) bond motifs is 9. The number of carboxylic acids is 1. The van der Waals surface area contributed by atoms with Crippen LogP contribution in [-0.4, -0.2) is 158 Å². The number of hydrogen-bond acceptors (Lipinski definition) is 14. The minimum atomic E-state index is -0.931. The lowest BCUT2D eigenvalue weighted by Crippen LogP contribution is -2.55. The Balaban J connectivity index is 0.000000133. The molecule has 6 atom stereocenters. The highest BCUT2D eigenvalue weighted by atomic mass is 19.1. The Morgan fingerprint density at radius 3 is 1.18 bits per heavy atom. The van der Waals surface area contributed by atoms with Crippen molar-refractivity contribution in [3.8, 4) is 17.1 Å². The number of aromatic nitrogens is 6. The molecule has 3 aliphatic heterocycles. The number of halogens is 3. The maximum atomic E-state index is 13.4. The quantitative estimate of drug-likeness (QED) is 0.0446. The van der Waals surface area contributed by atoms with E-state index in [1.54, 1.807) is 67.0 Å². The number of aliphatic hydroxyl groups is 1. The summed E-state index contributed by atoms with van der Waals surface area (Å²) in [5, 5.41) is 39.7. The molecule has 15 rings (SSSR count). The van der Waals surface area contributed by atoms with Crippen LogP contribution in [0.1, 0.15) is 152 Å². The maximum absolute atomic E-state index is 13.4. The highest BCUT2D eigenvalue weighted by Gasteiger charge is 2.64. The Bertz CT molecular complexity index is 4080. The Kier molecular flexibility index (Phi) is 18.6. The molecule has 97 heavy (non-hydrogen) atoms. The van der Waals surface area contributed by atoms with E-state index in [-0.39, 0.29) is 65.5 Å². The molecule has 3 saturated carbocycles. The molecule has 3 N–H and O–H groups in total. The highest BCUT2D eigenvalue weighted by molar-refractivity contribution is 5.75. The van der Waals surface area contributed by atoms with E-state index in [0.29, 0.717) is 52.0 Å². The van der Waals surface area contributed by atoms with E-state index in [2.05, 4.69) is 59.2 Å². The van der Waals surface area contributed by atoms with E-state index in [1.165, 1.54) is 58.0 Å². The zero-order chi connectivity index (χ0) is 68.9. The van der Waals surface area contributed by atoms with E-state index in [4.69, 9.17) is 29.7 Å². The first kappa shape index (κ1) is 68.1. The van der Waals surface area contributed by atoms with Gasteiger partial charge in [-0.1, -0.05) is 37.5 Å². The van der Waals surface area contributed by atoms with Crippen molar-refractivity contribution in [3.05, 3.63) is 159 Å². The van der Waals surface area contributed by atoms with E-state index in [9.17, 15) is 37.1 Å². The van der Waals surface area contributed by atoms with Crippen LogP contribution >= 0.6 is 0 Å². The Morgan fingerprint density at radius 2 is 0.876 bits per heavy atom. The van der Waals surface area contributed by atoms with Crippen LogP contribution in [0.4, 0.5) is 27.6 Å². The smallest absolute Gasteiger partial charge is 0.410 e. The van der Waals surface area contributed by atoms with Crippen LogP contribution in [-0.2, 0) is 47.9 Å². The summed E-state index contributed by atoms with van der Waals surface area (Å²) in [7, 11) is 0. The first-order valence-electron chi connectivity index (χ1n) is 33.4. The normalized spacial score (nSPS) is 26.4. The number of benzene rings is 3. The number of amides is 3. The topological polar surface area (TPSA) is 246 Å². The van der Waals surface area contributed by atoms with Crippen molar-refractivity contribution >= 4 is 48.8 Å². The molecule has 0 radical (unpaired) electrons. The van der Waals surface area contributed by atoms with Gasteiger partial charge in [-0.2, -0.15) is 15.3 Å². The second kappa shape index (κ2) is 26.5. The lowest BCUT2D eigenvalue weighted by atomic mass is 9.57. The molecule has 6 aliphatic carbocycles. The van der Waals surface area contributed by atoms with Crippen molar-refractivity contribution in [2.24, 2.45) is 16.2 Å². The number of hydrogen-bond donors (Lipinski definition) is 3. The summed E-state index contributed by atoms with van der Waals surface area (Å²) in [6, 6.07) is 18.9. The minimum absolute atomic E-state index is 0.0606. The van der Waals surface area contributed by atoms with Gasteiger partial charge in [0.05, 0.1) is 84.4 Å². The summed E-state index contributed by atoms with van der Waals surface area (Å²) < 4.78 is 63.7. The third kappa shape index (κ3) is 12.7. The van der Waals surface area contributed by atoms with Gasteiger partial charge in [0.1, 0.15) is 40.5 Å². The summed E-state index contributed by atoms with van der Waals surface area (Å²) in [6.07, 6.45) is 22.8. The molecule has 6 fully saturated rings. The number of aliphatic hydroxyl groups excluding tert-OH is 1. The third-order valence-corrected chi connectivity index (χ3v) is 21.6. The number of aliphatic carboxylic acids is 1.